The number of aliphatic hydroxyl groups excluding tert-OH is 1. The molecule has 1 aromatic rings. The van der Waals surface area contributed by atoms with Gasteiger partial charge in [-0.3, -0.25) is 0 Å². The van der Waals surface area contributed by atoms with E-state index >= 15 is 0 Å². The minimum atomic E-state index is -5.14. The van der Waals surface area contributed by atoms with Crippen molar-refractivity contribution >= 4 is 5.90 Å². The van der Waals surface area contributed by atoms with E-state index in [0.29, 0.717) is 12.5 Å². The molecule has 0 fully saturated rings. The van der Waals surface area contributed by atoms with E-state index in [4.69, 9.17) is 9.47 Å². The molecule has 3 unspecified atom stereocenters. The topological polar surface area (TPSA) is 69.5 Å². The van der Waals surface area contributed by atoms with E-state index in [-0.39, 0.29) is 24.0 Å². The molecule has 1 heterocycles. The highest BCUT2D eigenvalue weighted by Crippen LogP contribution is 2.32. The summed E-state index contributed by atoms with van der Waals surface area (Å²) < 4.78 is 92.5. The predicted octanol–water partition coefficient (Wildman–Crippen LogP) is 3.76. The van der Waals surface area contributed by atoms with Crippen LogP contribution >= 0.6 is 0 Å². The van der Waals surface area contributed by atoms with E-state index < -0.39 is 36.6 Å². The van der Waals surface area contributed by atoms with Crippen molar-refractivity contribution in [3.05, 3.63) is 23.8 Å². The van der Waals surface area contributed by atoms with E-state index in [9.17, 15) is 31.4 Å². The average molecular weight is 417 g/mol. The van der Waals surface area contributed by atoms with Crippen LogP contribution < -0.4 is 9.47 Å². The number of rotatable bonds is 6. The number of halogens is 6. The zero-order valence-corrected chi connectivity index (χ0v) is 14.7. The molecule has 0 aromatic heterocycles. The Balaban J connectivity index is 2.40. The smallest absolute Gasteiger partial charge is 0.448 e. The highest BCUT2D eigenvalue weighted by molar-refractivity contribution is 5.95. The van der Waals surface area contributed by atoms with Gasteiger partial charge in [0.15, 0.2) is 0 Å². The van der Waals surface area contributed by atoms with Gasteiger partial charge in [0.1, 0.15) is 11.5 Å². The van der Waals surface area contributed by atoms with Crippen LogP contribution in [0.1, 0.15) is 25.3 Å². The standard InChI is InChI=1S/C16H17F6NO5/c1-8(25-2)3-10-6-13(24)26-14(23-10)9-4-11(27-15(17,18)19)7-12(5-9)28-16(20,21)22/h4-5,7-8,10,13,24H,3,6H2,1-2H3. The Morgan fingerprint density at radius 1 is 1.11 bits per heavy atom. The Hall–Kier alpha value is -2.21. The molecule has 6 nitrogen and oxygen atoms in total. The van der Waals surface area contributed by atoms with Gasteiger partial charge in [0.2, 0.25) is 12.2 Å². The van der Waals surface area contributed by atoms with Crippen molar-refractivity contribution < 1.29 is 50.4 Å². The van der Waals surface area contributed by atoms with Gasteiger partial charge in [-0.05, 0) is 25.5 Å². The third-order valence-electron chi connectivity index (χ3n) is 3.62. The van der Waals surface area contributed by atoms with Crippen molar-refractivity contribution in [1.82, 2.24) is 0 Å². The zero-order chi connectivity index (χ0) is 21.1. The molecular formula is C16H17F6NO5. The first-order valence-electron chi connectivity index (χ1n) is 7.97. The Morgan fingerprint density at radius 3 is 2.11 bits per heavy atom. The molecule has 158 valence electrons. The Bertz CT molecular complexity index is 671. The molecule has 2 rings (SSSR count). The van der Waals surface area contributed by atoms with Gasteiger partial charge < -0.3 is 24.1 Å². The maximum atomic E-state index is 12.5. The summed E-state index contributed by atoms with van der Waals surface area (Å²) in [5.74, 6) is -2.26. The second-order valence-corrected chi connectivity index (χ2v) is 5.97. The number of alkyl halides is 6. The van der Waals surface area contributed by atoms with Crippen LogP contribution in [-0.2, 0) is 9.47 Å². The molecule has 0 amide bonds. The van der Waals surface area contributed by atoms with Crippen molar-refractivity contribution in [1.29, 1.82) is 0 Å². The molecular weight excluding hydrogens is 400 g/mol. The number of methoxy groups -OCH3 is 1. The van der Waals surface area contributed by atoms with Crippen LogP contribution in [0, 0.1) is 0 Å². The fourth-order valence-corrected chi connectivity index (χ4v) is 2.51. The van der Waals surface area contributed by atoms with Crippen molar-refractivity contribution in [2.75, 3.05) is 7.11 Å². The van der Waals surface area contributed by atoms with E-state index in [2.05, 4.69) is 14.5 Å². The third kappa shape index (κ3) is 7.08. The quantitative estimate of drug-likeness (QED) is 0.714. The first-order chi connectivity index (χ1) is 12.8. The maximum absolute atomic E-state index is 12.5. The van der Waals surface area contributed by atoms with E-state index in [1.54, 1.807) is 6.92 Å². The van der Waals surface area contributed by atoms with Crippen LogP contribution in [0.5, 0.6) is 11.5 Å². The lowest BCUT2D eigenvalue weighted by Gasteiger charge is -2.27. The fourth-order valence-electron chi connectivity index (χ4n) is 2.51. The molecule has 0 spiro atoms. The highest BCUT2D eigenvalue weighted by Gasteiger charge is 2.35. The van der Waals surface area contributed by atoms with Crippen molar-refractivity contribution in [2.45, 2.75) is 50.9 Å². The number of aliphatic imine (C=N–C) groups is 1. The molecule has 3 atom stereocenters. The summed E-state index contributed by atoms with van der Waals surface area (Å²) in [4.78, 5) is 4.15. The van der Waals surface area contributed by atoms with Crippen LogP contribution in [-0.4, -0.2) is 49.3 Å². The number of hydrogen-bond donors (Lipinski definition) is 1. The molecule has 0 aliphatic carbocycles. The van der Waals surface area contributed by atoms with Crippen LogP contribution in [0.3, 0.4) is 0 Å². The number of aliphatic hydroxyl groups is 1. The Morgan fingerprint density at radius 2 is 1.64 bits per heavy atom. The van der Waals surface area contributed by atoms with Crippen LogP contribution in [0.15, 0.2) is 23.2 Å². The summed E-state index contributed by atoms with van der Waals surface area (Å²) in [5, 5.41) is 9.84. The van der Waals surface area contributed by atoms with Gasteiger partial charge >= 0.3 is 12.7 Å². The zero-order valence-electron chi connectivity index (χ0n) is 14.7. The molecule has 0 radical (unpaired) electrons. The second-order valence-electron chi connectivity index (χ2n) is 5.97. The van der Waals surface area contributed by atoms with Crippen LogP contribution in [0.4, 0.5) is 26.3 Å². The van der Waals surface area contributed by atoms with Crippen molar-refractivity contribution in [3.8, 4) is 11.5 Å². The number of nitrogens with zero attached hydrogens (tertiary/aromatic N) is 1. The highest BCUT2D eigenvalue weighted by atomic mass is 19.4. The summed E-state index contributed by atoms with van der Waals surface area (Å²) in [6, 6.07) is 1.47. The summed E-state index contributed by atoms with van der Waals surface area (Å²) in [7, 11) is 1.46. The van der Waals surface area contributed by atoms with Crippen LogP contribution in [0.2, 0.25) is 0 Å². The van der Waals surface area contributed by atoms with Gasteiger partial charge in [-0.15, -0.1) is 26.3 Å². The average Bonchev–Trinajstić information content (AvgIpc) is 2.50. The molecule has 28 heavy (non-hydrogen) atoms. The minimum Gasteiger partial charge on any atom is -0.448 e. The van der Waals surface area contributed by atoms with Crippen molar-refractivity contribution in [2.24, 2.45) is 4.99 Å². The number of benzene rings is 1. The van der Waals surface area contributed by atoms with Gasteiger partial charge in [-0.2, -0.15) is 0 Å². The maximum Gasteiger partial charge on any atom is 0.573 e. The molecule has 1 aliphatic heterocycles. The normalized spacial score (nSPS) is 21.5. The lowest BCUT2D eigenvalue weighted by molar-refractivity contribution is -0.276. The number of hydrogen-bond acceptors (Lipinski definition) is 6. The van der Waals surface area contributed by atoms with Crippen LogP contribution in [0.25, 0.3) is 0 Å². The number of ether oxygens (including phenoxy) is 4. The molecule has 1 N–H and O–H groups in total. The summed E-state index contributed by atoms with van der Waals surface area (Å²) in [6.45, 7) is 1.74. The Labute approximate surface area is 155 Å². The SMILES string of the molecule is COC(C)CC1CC(O)OC(c2cc(OC(F)(F)F)cc(OC(F)(F)F)c2)=N1. The van der Waals surface area contributed by atoms with Gasteiger partial charge in [-0.25, -0.2) is 4.99 Å². The van der Waals surface area contributed by atoms with Gasteiger partial charge in [-0.1, -0.05) is 0 Å². The van der Waals surface area contributed by atoms with Gasteiger partial charge in [0, 0.05) is 25.2 Å². The third-order valence-corrected chi connectivity index (χ3v) is 3.62. The molecule has 0 saturated carbocycles. The first-order valence-corrected chi connectivity index (χ1v) is 7.97. The van der Waals surface area contributed by atoms with Crippen molar-refractivity contribution in [3.63, 3.8) is 0 Å². The summed E-state index contributed by atoms with van der Waals surface area (Å²) in [6.07, 6.45) is -11.4. The summed E-state index contributed by atoms with van der Waals surface area (Å²) in [5.41, 5.74) is -0.283. The molecule has 0 bridgehead atoms. The van der Waals surface area contributed by atoms with E-state index in [1.165, 1.54) is 7.11 Å². The molecule has 12 heteroatoms. The monoisotopic (exact) mass is 417 g/mol. The Kier molecular flexibility index (Phi) is 6.65. The predicted molar refractivity (Wildman–Crippen MR) is 82.9 cm³/mol. The molecule has 1 aromatic carbocycles. The van der Waals surface area contributed by atoms with E-state index in [0.717, 1.165) is 12.1 Å². The van der Waals surface area contributed by atoms with E-state index in [1.807, 2.05) is 0 Å². The first kappa shape index (κ1) is 22.1. The fraction of sp³-hybridized carbons (Fsp3) is 0.562. The molecule has 0 saturated heterocycles. The van der Waals surface area contributed by atoms with Gasteiger partial charge in [0.25, 0.3) is 0 Å². The summed E-state index contributed by atoms with van der Waals surface area (Å²) >= 11 is 0. The lowest BCUT2D eigenvalue weighted by atomic mass is 10.1. The minimum absolute atomic E-state index is 0.0852. The lowest BCUT2D eigenvalue weighted by Crippen LogP contribution is -2.32. The van der Waals surface area contributed by atoms with Gasteiger partial charge in [0.05, 0.1) is 12.1 Å². The second kappa shape index (κ2) is 8.43. The molecule has 1 aliphatic rings. The largest absolute Gasteiger partial charge is 0.573 e.